The van der Waals surface area contributed by atoms with Crippen molar-refractivity contribution in [2.24, 2.45) is 0 Å². The molecule has 1 unspecified atom stereocenters. The van der Waals surface area contributed by atoms with Crippen molar-refractivity contribution in [1.29, 1.82) is 0 Å². The van der Waals surface area contributed by atoms with Crippen molar-refractivity contribution >= 4 is 23.0 Å². The van der Waals surface area contributed by atoms with E-state index < -0.39 is 0 Å². The van der Waals surface area contributed by atoms with Crippen LogP contribution in [0.3, 0.4) is 0 Å². The zero-order chi connectivity index (χ0) is 12.7. The Morgan fingerprint density at radius 2 is 1.88 bits per heavy atom. The highest BCUT2D eigenvalue weighted by Crippen LogP contribution is 2.20. The lowest BCUT2D eigenvalue weighted by Crippen LogP contribution is -2.28. The summed E-state index contributed by atoms with van der Waals surface area (Å²) in [6, 6.07) is 8.50. The molecule has 0 heterocycles. The van der Waals surface area contributed by atoms with Crippen LogP contribution < -0.4 is 10.6 Å². The van der Waals surface area contributed by atoms with E-state index in [2.05, 4.69) is 55.7 Å². The number of nitrogens with one attached hydrogen (secondary N) is 2. The second kappa shape index (κ2) is 7.28. The third-order valence-corrected chi connectivity index (χ3v) is 3.13. The summed E-state index contributed by atoms with van der Waals surface area (Å²) < 4.78 is 0. The van der Waals surface area contributed by atoms with Gasteiger partial charge in [0.05, 0.1) is 0 Å². The largest absolute Gasteiger partial charge is 0.362 e. The van der Waals surface area contributed by atoms with Gasteiger partial charge in [0, 0.05) is 12.2 Å². The summed E-state index contributed by atoms with van der Waals surface area (Å²) in [5.74, 6) is 0.620. The number of hydrogen-bond acceptors (Lipinski definition) is 1. The summed E-state index contributed by atoms with van der Waals surface area (Å²) in [4.78, 5) is 0. The third kappa shape index (κ3) is 4.73. The van der Waals surface area contributed by atoms with E-state index in [9.17, 15) is 0 Å². The molecular formula is C14H22N2S. The van der Waals surface area contributed by atoms with Crippen molar-refractivity contribution < 1.29 is 0 Å². The van der Waals surface area contributed by atoms with Crippen LogP contribution in [0.1, 0.15) is 45.1 Å². The standard InChI is InChI=1S/C14H22N2S/c1-4-10-15-14(17)16-13-8-6-12(7-9-13)11(3)5-2/h6-9,11H,4-5,10H2,1-3H3,(H2,15,16,17). The summed E-state index contributed by atoms with van der Waals surface area (Å²) in [6.07, 6.45) is 2.25. The van der Waals surface area contributed by atoms with E-state index in [4.69, 9.17) is 12.2 Å². The maximum absolute atomic E-state index is 5.19. The summed E-state index contributed by atoms with van der Waals surface area (Å²) in [7, 11) is 0. The molecule has 0 aliphatic rings. The Kier molecular flexibility index (Phi) is 5.98. The number of rotatable bonds is 5. The van der Waals surface area contributed by atoms with Crippen LogP contribution in [0, 0.1) is 0 Å². The van der Waals surface area contributed by atoms with E-state index in [-0.39, 0.29) is 0 Å². The maximum atomic E-state index is 5.19. The van der Waals surface area contributed by atoms with Crippen LogP contribution in [-0.4, -0.2) is 11.7 Å². The fourth-order valence-electron chi connectivity index (χ4n) is 1.54. The van der Waals surface area contributed by atoms with Gasteiger partial charge in [-0.1, -0.05) is 32.9 Å². The van der Waals surface area contributed by atoms with Crippen molar-refractivity contribution in [2.75, 3.05) is 11.9 Å². The maximum Gasteiger partial charge on any atom is 0.170 e. The molecule has 0 aliphatic carbocycles. The van der Waals surface area contributed by atoms with Gasteiger partial charge < -0.3 is 10.6 Å². The SMILES string of the molecule is CCCNC(=S)Nc1ccc(C(C)CC)cc1. The van der Waals surface area contributed by atoms with E-state index in [0.717, 1.165) is 18.7 Å². The molecule has 1 aromatic rings. The zero-order valence-electron chi connectivity index (χ0n) is 10.9. The van der Waals surface area contributed by atoms with Crippen LogP contribution in [0.15, 0.2) is 24.3 Å². The van der Waals surface area contributed by atoms with Gasteiger partial charge in [-0.25, -0.2) is 0 Å². The van der Waals surface area contributed by atoms with Crippen LogP contribution >= 0.6 is 12.2 Å². The minimum absolute atomic E-state index is 0.620. The Balaban J connectivity index is 2.53. The van der Waals surface area contributed by atoms with Crippen LogP contribution in [0.25, 0.3) is 0 Å². The summed E-state index contributed by atoms with van der Waals surface area (Å²) >= 11 is 5.19. The molecule has 2 nitrogen and oxygen atoms in total. The van der Waals surface area contributed by atoms with E-state index in [1.54, 1.807) is 0 Å². The number of anilines is 1. The van der Waals surface area contributed by atoms with Gasteiger partial charge in [0.25, 0.3) is 0 Å². The van der Waals surface area contributed by atoms with E-state index >= 15 is 0 Å². The van der Waals surface area contributed by atoms with Gasteiger partial charge in [0.2, 0.25) is 0 Å². The lowest BCUT2D eigenvalue weighted by molar-refractivity contribution is 0.734. The summed E-state index contributed by atoms with van der Waals surface area (Å²) in [5.41, 5.74) is 2.43. The molecule has 0 amide bonds. The molecule has 1 aromatic carbocycles. The lowest BCUT2D eigenvalue weighted by Gasteiger charge is -2.12. The first-order valence-corrected chi connectivity index (χ1v) is 6.73. The highest BCUT2D eigenvalue weighted by Gasteiger charge is 2.02. The summed E-state index contributed by atoms with van der Waals surface area (Å²) in [6.45, 7) is 7.49. The zero-order valence-corrected chi connectivity index (χ0v) is 11.7. The minimum Gasteiger partial charge on any atom is -0.362 e. The van der Waals surface area contributed by atoms with Gasteiger partial charge in [0.15, 0.2) is 5.11 Å². The first kappa shape index (κ1) is 14.0. The fraction of sp³-hybridized carbons (Fsp3) is 0.500. The van der Waals surface area contributed by atoms with Gasteiger partial charge in [-0.15, -0.1) is 0 Å². The number of thiocarbonyl (C=S) groups is 1. The fourth-order valence-corrected chi connectivity index (χ4v) is 1.76. The average Bonchev–Trinajstić information content (AvgIpc) is 2.36. The van der Waals surface area contributed by atoms with Gasteiger partial charge >= 0.3 is 0 Å². The number of hydrogen-bond donors (Lipinski definition) is 2. The first-order chi connectivity index (χ1) is 8.17. The smallest absolute Gasteiger partial charge is 0.170 e. The van der Waals surface area contributed by atoms with Gasteiger partial charge in [-0.2, -0.15) is 0 Å². The predicted molar refractivity (Wildman–Crippen MR) is 79.7 cm³/mol. The van der Waals surface area contributed by atoms with Crippen molar-refractivity contribution in [3.8, 4) is 0 Å². The molecular weight excluding hydrogens is 228 g/mol. The molecule has 0 fully saturated rings. The summed E-state index contributed by atoms with van der Waals surface area (Å²) in [5, 5.41) is 7.03. The van der Waals surface area contributed by atoms with E-state index in [1.165, 1.54) is 12.0 Å². The Labute approximate surface area is 110 Å². The highest BCUT2D eigenvalue weighted by atomic mass is 32.1. The Morgan fingerprint density at radius 1 is 1.24 bits per heavy atom. The highest BCUT2D eigenvalue weighted by molar-refractivity contribution is 7.80. The van der Waals surface area contributed by atoms with Gasteiger partial charge in [0.1, 0.15) is 0 Å². The van der Waals surface area contributed by atoms with Crippen LogP contribution in [0.5, 0.6) is 0 Å². The molecule has 1 atom stereocenters. The Hall–Kier alpha value is -1.09. The molecule has 0 aliphatic heterocycles. The molecule has 1 rings (SSSR count). The number of benzene rings is 1. The van der Waals surface area contributed by atoms with E-state index in [1.807, 2.05) is 0 Å². The molecule has 94 valence electrons. The topological polar surface area (TPSA) is 24.1 Å². The first-order valence-electron chi connectivity index (χ1n) is 6.32. The molecule has 0 saturated heterocycles. The van der Waals surface area contributed by atoms with Crippen molar-refractivity contribution in [2.45, 2.75) is 39.5 Å². The van der Waals surface area contributed by atoms with Gasteiger partial charge in [-0.05, 0) is 48.7 Å². The van der Waals surface area contributed by atoms with Crippen LogP contribution in [-0.2, 0) is 0 Å². The third-order valence-electron chi connectivity index (χ3n) is 2.89. The molecule has 0 radical (unpaired) electrons. The molecule has 17 heavy (non-hydrogen) atoms. The molecule has 0 saturated carbocycles. The van der Waals surface area contributed by atoms with Crippen LogP contribution in [0.2, 0.25) is 0 Å². The normalized spacial score (nSPS) is 11.9. The molecule has 0 aromatic heterocycles. The molecule has 0 spiro atoms. The molecule has 3 heteroatoms. The second-order valence-electron chi connectivity index (χ2n) is 4.31. The van der Waals surface area contributed by atoms with Crippen molar-refractivity contribution in [1.82, 2.24) is 5.32 Å². The monoisotopic (exact) mass is 250 g/mol. The average molecular weight is 250 g/mol. The van der Waals surface area contributed by atoms with Crippen molar-refractivity contribution in [3.63, 3.8) is 0 Å². The quantitative estimate of drug-likeness (QED) is 0.775. The van der Waals surface area contributed by atoms with E-state index in [0.29, 0.717) is 11.0 Å². The van der Waals surface area contributed by atoms with Crippen LogP contribution in [0.4, 0.5) is 5.69 Å². The Bertz CT molecular complexity index is 346. The lowest BCUT2D eigenvalue weighted by atomic mass is 9.99. The molecule has 0 bridgehead atoms. The minimum atomic E-state index is 0.620. The van der Waals surface area contributed by atoms with Gasteiger partial charge in [-0.3, -0.25) is 0 Å². The molecule has 2 N–H and O–H groups in total. The predicted octanol–water partition coefficient (Wildman–Crippen LogP) is 3.90. The second-order valence-corrected chi connectivity index (χ2v) is 4.72. The van der Waals surface area contributed by atoms with Crippen molar-refractivity contribution in [3.05, 3.63) is 29.8 Å². The Morgan fingerprint density at radius 3 is 2.41 bits per heavy atom.